The first-order valence-corrected chi connectivity index (χ1v) is 22.5. The van der Waals surface area contributed by atoms with Gasteiger partial charge in [0, 0.05) is 0 Å². The molecular formula is C46H85O2P. The molecule has 0 saturated heterocycles. The second-order valence-electron chi connectivity index (χ2n) is 15.7. The third-order valence-corrected chi connectivity index (χ3v) is 11.6. The van der Waals surface area contributed by atoms with Crippen molar-refractivity contribution < 1.29 is 9.53 Å². The van der Waals surface area contributed by atoms with Gasteiger partial charge >= 0.3 is 5.97 Å². The third kappa shape index (κ3) is 21.9. The van der Waals surface area contributed by atoms with Gasteiger partial charge in [0.1, 0.15) is 5.16 Å². The maximum atomic E-state index is 13.1. The molecule has 1 aromatic carbocycles. The van der Waals surface area contributed by atoms with Gasteiger partial charge in [-0.05, 0) is 67.7 Å². The predicted molar refractivity (Wildman–Crippen MR) is 222 cm³/mol. The van der Waals surface area contributed by atoms with E-state index in [0.29, 0.717) is 0 Å². The first-order valence-electron chi connectivity index (χ1n) is 21.9. The molecule has 0 amide bonds. The molecule has 0 aliphatic rings. The molecule has 0 aromatic heterocycles. The Hall–Kier alpha value is -0.880. The van der Waals surface area contributed by atoms with E-state index < -0.39 is 5.16 Å². The molecule has 0 aliphatic carbocycles. The van der Waals surface area contributed by atoms with Gasteiger partial charge in [0.15, 0.2) is 0 Å². The number of aryl methyl sites for hydroxylation is 1. The normalized spacial score (nSPS) is 12.8. The zero-order valence-electron chi connectivity index (χ0n) is 33.9. The fourth-order valence-corrected chi connectivity index (χ4v) is 8.15. The number of esters is 1. The number of carbonyl (C=O) groups is 1. The first-order chi connectivity index (χ1) is 23.9. The van der Waals surface area contributed by atoms with Gasteiger partial charge in [-0.3, -0.25) is 4.79 Å². The van der Waals surface area contributed by atoms with Crippen molar-refractivity contribution in [3.63, 3.8) is 0 Å². The van der Waals surface area contributed by atoms with Crippen LogP contribution in [0, 0.1) is 0 Å². The Morgan fingerprint density at radius 3 is 1.14 bits per heavy atom. The molecule has 0 aliphatic heterocycles. The van der Waals surface area contributed by atoms with Crippen LogP contribution in [0.4, 0.5) is 0 Å². The Kier molecular flexibility index (Phi) is 30.0. The highest BCUT2D eigenvalue weighted by Crippen LogP contribution is 2.39. The summed E-state index contributed by atoms with van der Waals surface area (Å²) in [5.41, 5.74) is 5.81. The summed E-state index contributed by atoms with van der Waals surface area (Å²) >= 11 is 0. The van der Waals surface area contributed by atoms with Crippen LogP contribution >= 0.6 is 9.24 Å². The average Bonchev–Trinajstić information content (AvgIpc) is 3.10. The molecule has 49 heavy (non-hydrogen) atoms. The lowest BCUT2D eigenvalue weighted by molar-refractivity contribution is -0.143. The zero-order chi connectivity index (χ0) is 35.8. The Morgan fingerprint density at radius 2 is 0.796 bits per heavy atom. The number of unbranched alkanes of at least 4 members (excludes halogenated alkanes) is 27. The molecule has 0 radical (unpaired) electrons. The van der Waals surface area contributed by atoms with Crippen LogP contribution in [0.5, 0.6) is 0 Å². The fourth-order valence-electron chi connectivity index (χ4n) is 7.76. The number of benzene rings is 1. The molecule has 0 fully saturated rings. The van der Waals surface area contributed by atoms with Gasteiger partial charge in [0.2, 0.25) is 0 Å². The fraction of sp³-hybridized carbons (Fsp3) is 0.848. The van der Waals surface area contributed by atoms with Gasteiger partial charge in [-0.2, -0.15) is 0 Å². The van der Waals surface area contributed by atoms with E-state index in [1.807, 2.05) is 6.92 Å². The quantitative estimate of drug-likeness (QED) is 0.0400. The molecule has 2 nitrogen and oxygen atoms in total. The van der Waals surface area contributed by atoms with Crippen molar-refractivity contribution in [1.29, 1.82) is 0 Å². The summed E-state index contributed by atoms with van der Waals surface area (Å²) in [6.45, 7) is 8.95. The maximum absolute atomic E-state index is 13.1. The summed E-state index contributed by atoms with van der Waals surface area (Å²) in [6, 6.07) is 4.69. The van der Waals surface area contributed by atoms with E-state index in [-0.39, 0.29) is 5.97 Å². The topological polar surface area (TPSA) is 26.3 Å². The third-order valence-electron chi connectivity index (χ3n) is 11.1. The van der Waals surface area contributed by atoms with Gasteiger partial charge in [-0.25, -0.2) is 0 Å². The zero-order valence-corrected chi connectivity index (χ0v) is 35.0. The predicted octanol–water partition coefficient (Wildman–Crippen LogP) is 15.3. The molecule has 1 aromatic rings. The standard InChI is InChI=1S/C46H85O2P/c1-6-9-12-15-18-21-24-27-30-33-36-41-39-40-44(46(4,49)45(47)48-5)43(38-35-32-29-26-23-20-17-14-11-8-3)42(41)37-34-31-28-25-22-19-16-13-10-7-2/h39-40H,6-38,49H2,1-5H3. The Balaban J connectivity index is 2.92. The molecule has 0 heterocycles. The lowest BCUT2D eigenvalue weighted by Crippen LogP contribution is -2.29. The van der Waals surface area contributed by atoms with E-state index >= 15 is 0 Å². The largest absolute Gasteiger partial charge is 0.468 e. The van der Waals surface area contributed by atoms with E-state index in [4.69, 9.17) is 4.74 Å². The summed E-state index contributed by atoms with van der Waals surface area (Å²) in [7, 11) is 4.41. The van der Waals surface area contributed by atoms with Crippen LogP contribution < -0.4 is 0 Å². The Labute approximate surface area is 310 Å². The summed E-state index contributed by atoms with van der Waals surface area (Å²) in [5.74, 6) is -0.144. The van der Waals surface area contributed by atoms with E-state index in [1.165, 1.54) is 217 Å². The lowest BCUT2D eigenvalue weighted by Gasteiger charge is -2.28. The molecule has 0 saturated carbocycles. The highest BCUT2D eigenvalue weighted by atomic mass is 31.0. The molecular weight excluding hydrogens is 615 g/mol. The van der Waals surface area contributed by atoms with Gasteiger partial charge in [-0.15, -0.1) is 9.24 Å². The molecule has 2 unspecified atom stereocenters. The second-order valence-corrected chi connectivity index (χ2v) is 16.9. The summed E-state index contributed by atoms with van der Waals surface area (Å²) in [6.07, 6.45) is 44.5. The van der Waals surface area contributed by atoms with Crippen LogP contribution in [0.15, 0.2) is 12.1 Å². The monoisotopic (exact) mass is 701 g/mol. The SMILES string of the molecule is CCCCCCCCCCCCc1ccc(C(C)(P)C(=O)OC)c(CCCCCCCCCCCC)c1CCCCCCCCCCCC. The molecule has 0 spiro atoms. The van der Waals surface area contributed by atoms with Gasteiger partial charge in [0.05, 0.1) is 7.11 Å². The van der Waals surface area contributed by atoms with Crippen LogP contribution in [-0.2, 0) is 33.9 Å². The van der Waals surface area contributed by atoms with Crippen LogP contribution in [0.3, 0.4) is 0 Å². The minimum Gasteiger partial charge on any atom is -0.468 e. The number of ether oxygens (including phenoxy) is 1. The Bertz CT molecular complexity index is 907. The van der Waals surface area contributed by atoms with E-state index in [1.54, 1.807) is 11.1 Å². The van der Waals surface area contributed by atoms with E-state index in [2.05, 4.69) is 42.1 Å². The van der Waals surface area contributed by atoms with Crippen molar-refractivity contribution in [2.24, 2.45) is 0 Å². The lowest BCUT2D eigenvalue weighted by atomic mass is 9.83. The summed E-state index contributed by atoms with van der Waals surface area (Å²) in [4.78, 5) is 13.1. The molecule has 1 rings (SSSR count). The van der Waals surface area contributed by atoms with E-state index in [9.17, 15) is 4.79 Å². The number of carbonyl (C=O) groups excluding carboxylic acids is 1. The first kappa shape index (κ1) is 46.1. The molecule has 3 heteroatoms. The van der Waals surface area contributed by atoms with Crippen molar-refractivity contribution in [1.82, 2.24) is 0 Å². The number of methoxy groups -OCH3 is 1. The highest BCUT2D eigenvalue weighted by molar-refractivity contribution is 7.20. The minimum atomic E-state index is -0.704. The highest BCUT2D eigenvalue weighted by Gasteiger charge is 2.34. The minimum absolute atomic E-state index is 0.144. The maximum Gasteiger partial charge on any atom is 0.319 e. The van der Waals surface area contributed by atoms with Crippen LogP contribution in [-0.4, -0.2) is 13.1 Å². The van der Waals surface area contributed by atoms with Crippen LogP contribution in [0.25, 0.3) is 0 Å². The smallest absolute Gasteiger partial charge is 0.319 e. The average molecular weight is 701 g/mol. The number of hydrogen-bond donors (Lipinski definition) is 0. The van der Waals surface area contributed by atoms with Gasteiger partial charge < -0.3 is 4.74 Å². The van der Waals surface area contributed by atoms with Crippen molar-refractivity contribution in [3.05, 3.63) is 34.4 Å². The number of rotatable bonds is 35. The van der Waals surface area contributed by atoms with Gasteiger partial charge in [0.25, 0.3) is 0 Å². The second kappa shape index (κ2) is 31.8. The molecule has 2 atom stereocenters. The molecule has 286 valence electrons. The van der Waals surface area contributed by atoms with Crippen molar-refractivity contribution in [3.8, 4) is 0 Å². The van der Waals surface area contributed by atoms with E-state index in [0.717, 1.165) is 12.8 Å². The van der Waals surface area contributed by atoms with Crippen molar-refractivity contribution in [2.45, 2.75) is 245 Å². The van der Waals surface area contributed by atoms with Crippen LogP contribution in [0.2, 0.25) is 0 Å². The Morgan fingerprint density at radius 1 is 0.490 bits per heavy atom. The summed E-state index contributed by atoms with van der Waals surface area (Å²) in [5, 5.41) is -0.704. The number of hydrogen-bond acceptors (Lipinski definition) is 2. The van der Waals surface area contributed by atoms with Crippen molar-refractivity contribution >= 4 is 15.2 Å². The molecule has 0 bridgehead atoms. The molecule has 0 N–H and O–H groups in total. The van der Waals surface area contributed by atoms with Crippen LogP contribution in [0.1, 0.15) is 243 Å². The summed E-state index contributed by atoms with van der Waals surface area (Å²) < 4.78 is 5.35. The van der Waals surface area contributed by atoms with Crippen molar-refractivity contribution in [2.75, 3.05) is 7.11 Å². The van der Waals surface area contributed by atoms with Gasteiger partial charge in [-0.1, -0.05) is 206 Å².